The van der Waals surface area contributed by atoms with Crippen LogP contribution in [0.1, 0.15) is 53.6 Å². The third-order valence-electron chi connectivity index (χ3n) is 4.52. The highest BCUT2D eigenvalue weighted by atomic mass is 16.6. The molecule has 0 saturated heterocycles. The Labute approximate surface area is 159 Å². The molecule has 2 N–H and O–H groups in total. The summed E-state index contributed by atoms with van der Waals surface area (Å²) in [6.07, 6.45) is 0.199. The van der Waals surface area contributed by atoms with Crippen LogP contribution in [-0.4, -0.2) is 39.2 Å². The maximum atomic E-state index is 12.8. The van der Waals surface area contributed by atoms with E-state index in [0.29, 0.717) is 25.2 Å². The highest BCUT2D eigenvalue weighted by Crippen LogP contribution is 2.24. The molecule has 1 aliphatic rings. The molecule has 2 heterocycles. The van der Waals surface area contributed by atoms with Crippen LogP contribution in [0.3, 0.4) is 0 Å². The average Bonchev–Trinajstić information content (AvgIpc) is 3.00. The predicted molar refractivity (Wildman–Crippen MR) is 103 cm³/mol. The van der Waals surface area contributed by atoms with Crippen molar-refractivity contribution in [1.82, 2.24) is 15.1 Å². The molecule has 2 aromatic rings. The smallest absolute Gasteiger partial charge is 0.410 e. The summed E-state index contributed by atoms with van der Waals surface area (Å²) >= 11 is 0. The van der Waals surface area contributed by atoms with Crippen molar-refractivity contribution in [1.29, 1.82) is 0 Å². The SMILES string of the molecule is Cc1cccc(C)c1NC(=O)c1n[nH]c2c1CCN(C(=O)OC(C)(C)C)C2. The van der Waals surface area contributed by atoms with Crippen molar-refractivity contribution in [2.45, 2.75) is 53.2 Å². The van der Waals surface area contributed by atoms with E-state index in [1.165, 1.54) is 0 Å². The fourth-order valence-electron chi connectivity index (χ4n) is 3.17. The Hall–Kier alpha value is -2.83. The number of amides is 2. The van der Waals surface area contributed by atoms with E-state index in [0.717, 1.165) is 28.1 Å². The van der Waals surface area contributed by atoms with Crippen LogP contribution in [-0.2, 0) is 17.7 Å². The van der Waals surface area contributed by atoms with Crippen molar-refractivity contribution < 1.29 is 14.3 Å². The van der Waals surface area contributed by atoms with Crippen LogP contribution in [0.4, 0.5) is 10.5 Å². The number of anilines is 1. The Morgan fingerprint density at radius 3 is 2.52 bits per heavy atom. The zero-order valence-electron chi connectivity index (χ0n) is 16.5. The number of benzene rings is 1. The molecular weight excluding hydrogens is 344 g/mol. The van der Waals surface area contributed by atoms with Gasteiger partial charge in [0.15, 0.2) is 5.69 Å². The molecule has 0 saturated carbocycles. The van der Waals surface area contributed by atoms with Crippen molar-refractivity contribution in [3.8, 4) is 0 Å². The molecule has 0 aliphatic carbocycles. The first-order chi connectivity index (χ1) is 12.7. The number of fused-ring (bicyclic) bond motifs is 1. The lowest BCUT2D eigenvalue weighted by atomic mass is 10.0. The third kappa shape index (κ3) is 4.13. The standard InChI is InChI=1S/C20H26N4O3/c1-12-7-6-8-13(2)16(12)21-18(25)17-14-9-10-24(11-15(14)22-23-17)19(26)27-20(3,4)5/h6-8H,9-11H2,1-5H3,(H,21,25)(H,22,23). The van der Waals surface area contributed by atoms with Gasteiger partial charge in [-0.3, -0.25) is 9.89 Å². The van der Waals surface area contributed by atoms with Gasteiger partial charge in [-0.1, -0.05) is 18.2 Å². The number of nitrogens with zero attached hydrogens (tertiary/aromatic N) is 2. The van der Waals surface area contributed by atoms with Crippen molar-refractivity contribution in [3.05, 3.63) is 46.3 Å². The van der Waals surface area contributed by atoms with E-state index in [2.05, 4.69) is 15.5 Å². The molecule has 2 amide bonds. The van der Waals surface area contributed by atoms with Crippen molar-refractivity contribution in [3.63, 3.8) is 0 Å². The zero-order valence-corrected chi connectivity index (χ0v) is 16.5. The van der Waals surface area contributed by atoms with E-state index in [-0.39, 0.29) is 12.0 Å². The number of aromatic amines is 1. The van der Waals surface area contributed by atoms with Gasteiger partial charge in [-0.2, -0.15) is 5.10 Å². The number of H-pyrrole nitrogens is 1. The molecule has 0 radical (unpaired) electrons. The number of hydrogen-bond acceptors (Lipinski definition) is 4. The number of para-hydroxylation sites is 1. The van der Waals surface area contributed by atoms with Gasteiger partial charge in [0.05, 0.1) is 12.2 Å². The summed E-state index contributed by atoms with van der Waals surface area (Å²) in [5.74, 6) is -0.240. The molecule has 1 aliphatic heterocycles. The summed E-state index contributed by atoms with van der Waals surface area (Å²) in [5.41, 5.74) is 4.30. The van der Waals surface area contributed by atoms with Crippen molar-refractivity contribution in [2.24, 2.45) is 0 Å². The van der Waals surface area contributed by atoms with E-state index >= 15 is 0 Å². The molecule has 0 atom stereocenters. The number of carbonyl (C=O) groups excluding carboxylic acids is 2. The zero-order chi connectivity index (χ0) is 19.8. The number of hydrogen-bond donors (Lipinski definition) is 2. The number of ether oxygens (including phenoxy) is 1. The Morgan fingerprint density at radius 1 is 1.22 bits per heavy atom. The molecular formula is C20H26N4O3. The van der Waals surface area contributed by atoms with Crippen LogP contribution in [0.2, 0.25) is 0 Å². The molecule has 0 fully saturated rings. The summed E-state index contributed by atoms with van der Waals surface area (Å²) in [5, 5.41) is 10.1. The largest absolute Gasteiger partial charge is 0.444 e. The van der Waals surface area contributed by atoms with E-state index in [9.17, 15) is 9.59 Å². The summed E-state index contributed by atoms with van der Waals surface area (Å²) < 4.78 is 5.43. The van der Waals surface area contributed by atoms with Gasteiger partial charge in [-0.15, -0.1) is 0 Å². The average molecular weight is 370 g/mol. The topological polar surface area (TPSA) is 87.3 Å². The van der Waals surface area contributed by atoms with Crippen LogP contribution >= 0.6 is 0 Å². The normalized spacial score (nSPS) is 13.9. The third-order valence-corrected chi connectivity index (χ3v) is 4.52. The fourth-order valence-corrected chi connectivity index (χ4v) is 3.17. The minimum Gasteiger partial charge on any atom is -0.444 e. The lowest BCUT2D eigenvalue weighted by Gasteiger charge is -2.29. The molecule has 0 spiro atoms. The van der Waals surface area contributed by atoms with E-state index in [4.69, 9.17) is 4.74 Å². The lowest BCUT2D eigenvalue weighted by molar-refractivity contribution is 0.0221. The molecule has 0 bridgehead atoms. The second-order valence-electron chi connectivity index (χ2n) is 7.90. The Kier molecular flexibility index (Phi) is 4.95. The second kappa shape index (κ2) is 7.06. The molecule has 3 rings (SSSR count). The van der Waals surface area contributed by atoms with Gasteiger partial charge in [-0.05, 0) is 52.2 Å². The maximum absolute atomic E-state index is 12.8. The highest BCUT2D eigenvalue weighted by Gasteiger charge is 2.30. The minimum absolute atomic E-state index is 0.240. The maximum Gasteiger partial charge on any atom is 0.410 e. The first-order valence-electron chi connectivity index (χ1n) is 9.07. The van der Waals surface area contributed by atoms with Crippen molar-refractivity contribution in [2.75, 3.05) is 11.9 Å². The Morgan fingerprint density at radius 2 is 1.89 bits per heavy atom. The van der Waals surface area contributed by atoms with Crippen LogP contribution in [0.25, 0.3) is 0 Å². The van der Waals surface area contributed by atoms with E-state index in [1.807, 2.05) is 52.8 Å². The van der Waals surface area contributed by atoms with Gasteiger partial charge in [0, 0.05) is 17.8 Å². The number of aryl methyl sites for hydroxylation is 2. The quantitative estimate of drug-likeness (QED) is 0.846. The molecule has 0 unspecified atom stereocenters. The first kappa shape index (κ1) is 18.9. The summed E-state index contributed by atoms with van der Waals surface area (Å²) in [6, 6.07) is 5.88. The minimum atomic E-state index is -0.540. The fraction of sp³-hybridized carbons (Fsp3) is 0.450. The Bertz CT molecular complexity index is 860. The number of aromatic nitrogens is 2. The van der Waals surface area contributed by atoms with Crippen LogP contribution in [0.15, 0.2) is 18.2 Å². The predicted octanol–water partition coefficient (Wildman–Crippen LogP) is 3.57. The number of carbonyl (C=O) groups is 2. The van der Waals surface area contributed by atoms with Crippen LogP contribution in [0.5, 0.6) is 0 Å². The molecule has 27 heavy (non-hydrogen) atoms. The van der Waals surface area contributed by atoms with Gasteiger partial charge < -0.3 is 15.0 Å². The molecule has 7 heteroatoms. The van der Waals surface area contributed by atoms with Gasteiger partial charge in [0.25, 0.3) is 5.91 Å². The van der Waals surface area contributed by atoms with Crippen LogP contribution in [0, 0.1) is 13.8 Å². The Balaban J connectivity index is 1.75. The lowest BCUT2D eigenvalue weighted by Crippen LogP contribution is -2.40. The van der Waals surface area contributed by atoms with Gasteiger partial charge in [-0.25, -0.2) is 4.79 Å². The first-order valence-corrected chi connectivity index (χ1v) is 9.07. The monoisotopic (exact) mass is 370 g/mol. The molecule has 7 nitrogen and oxygen atoms in total. The highest BCUT2D eigenvalue weighted by molar-refractivity contribution is 6.04. The summed E-state index contributed by atoms with van der Waals surface area (Å²) in [6.45, 7) is 10.3. The second-order valence-corrected chi connectivity index (χ2v) is 7.90. The van der Waals surface area contributed by atoms with Gasteiger partial charge >= 0.3 is 6.09 Å². The van der Waals surface area contributed by atoms with E-state index < -0.39 is 5.60 Å². The van der Waals surface area contributed by atoms with Crippen molar-refractivity contribution >= 4 is 17.7 Å². The van der Waals surface area contributed by atoms with E-state index in [1.54, 1.807) is 4.90 Å². The van der Waals surface area contributed by atoms with Crippen LogP contribution < -0.4 is 5.32 Å². The van der Waals surface area contributed by atoms with Gasteiger partial charge in [0.2, 0.25) is 0 Å². The molecule has 1 aromatic heterocycles. The molecule has 1 aromatic carbocycles. The number of rotatable bonds is 2. The number of nitrogens with one attached hydrogen (secondary N) is 2. The summed E-state index contributed by atoms with van der Waals surface area (Å²) in [4.78, 5) is 26.7. The van der Waals surface area contributed by atoms with Gasteiger partial charge in [0.1, 0.15) is 5.60 Å². The molecule has 144 valence electrons. The summed E-state index contributed by atoms with van der Waals surface area (Å²) in [7, 11) is 0.